The first kappa shape index (κ1) is 17.7. The zero-order chi connectivity index (χ0) is 18.5. The first-order valence-electron chi connectivity index (χ1n) is 7.67. The number of para-hydroxylation sites is 1. The molecule has 0 bridgehead atoms. The van der Waals surface area contributed by atoms with Crippen molar-refractivity contribution in [2.24, 2.45) is 0 Å². The predicted octanol–water partition coefficient (Wildman–Crippen LogP) is 4.30. The van der Waals surface area contributed by atoms with Gasteiger partial charge in [-0.1, -0.05) is 29.8 Å². The lowest BCUT2D eigenvalue weighted by molar-refractivity contribution is 0.0950. The molecular formula is C19H14ClFN2O3. The van der Waals surface area contributed by atoms with Crippen LogP contribution in [0.4, 0.5) is 4.39 Å². The number of aromatic nitrogens is 1. The van der Waals surface area contributed by atoms with E-state index in [1.807, 2.05) is 0 Å². The van der Waals surface area contributed by atoms with E-state index in [-0.39, 0.29) is 34.9 Å². The van der Waals surface area contributed by atoms with E-state index in [9.17, 15) is 14.3 Å². The number of nitrogens with zero attached hydrogens (tertiary/aromatic N) is 1. The Kier molecular flexibility index (Phi) is 5.34. The third kappa shape index (κ3) is 4.10. The quantitative estimate of drug-likeness (QED) is 0.700. The van der Waals surface area contributed by atoms with Crippen molar-refractivity contribution >= 4 is 17.5 Å². The van der Waals surface area contributed by atoms with Crippen molar-refractivity contribution < 1.29 is 19.0 Å². The van der Waals surface area contributed by atoms with Gasteiger partial charge in [-0.05, 0) is 36.4 Å². The second kappa shape index (κ2) is 7.84. The molecule has 3 aromatic rings. The van der Waals surface area contributed by atoms with Crippen molar-refractivity contribution in [1.82, 2.24) is 10.3 Å². The Labute approximate surface area is 154 Å². The van der Waals surface area contributed by atoms with Gasteiger partial charge in [0.05, 0.1) is 5.02 Å². The Balaban J connectivity index is 1.73. The number of phenolic OH excluding ortho intramolecular Hbond substituents is 1. The molecule has 3 rings (SSSR count). The predicted molar refractivity (Wildman–Crippen MR) is 95.0 cm³/mol. The summed E-state index contributed by atoms with van der Waals surface area (Å²) in [7, 11) is 0. The monoisotopic (exact) mass is 372 g/mol. The number of aromatic hydroxyl groups is 1. The largest absolute Gasteiger partial charge is 0.506 e. The molecule has 5 nitrogen and oxygen atoms in total. The summed E-state index contributed by atoms with van der Waals surface area (Å²) in [5.74, 6) is -0.749. The van der Waals surface area contributed by atoms with E-state index < -0.39 is 5.82 Å². The van der Waals surface area contributed by atoms with Crippen molar-refractivity contribution in [2.75, 3.05) is 0 Å². The SMILES string of the molecule is O=C(NCc1cccnc1Oc1ccccc1F)c1ccc(O)c(Cl)c1. The van der Waals surface area contributed by atoms with Crippen molar-refractivity contribution in [2.45, 2.75) is 6.54 Å². The standard InChI is InChI=1S/C19H14ClFN2O3/c20-14-10-12(7-8-16(14)24)18(25)23-11-13-4-3-9-22-19(13)26-17-6-2-1-5-15(17)21/h1-10,24H,11H2,(H,23,25). The number of amides is 1. The lowest BCUT2D eigenvalue weighted by Crippen LogP contribution is -2.23. The van der Waals surface area contributed by atoms with E-state index in [1.54, 1.807) is 24.3 Å². The summed E-state index contributed by atoms with van der Waals surface area (Å²) >= 11 is 5.81. The number of phenols is 1. The number of carbonyl (C=O) groups is 1. The smallest absolute Gasteiger partial charge is 0.251 e. The molecule has 0 aliphatic carbocycles. The first-order chi connectivity index (χ1) is 12.5. The number of hydrogen-bond donors (Lipinski definition) is 2. The zero-order valence-electron chi connectivity index (χ0n) is 13.4. The van der Waals surface area contributed by atoms with E-state index in [1.165, 1.54) is 36.5 Å². The second-order valence-corrected chi connectivity index (χ2v) is 5.76. The summed E-state index contributed by atoms with van der Waals surface area (Å²) in [5.41, 5.74) is 0.877. The van der Waals surface area contributed by atoms with Crippen molar-refractivity contribution in [3.8, 4) is 17.4 Å². The lowest BCUT2D eigenvalue weighted by Gasteiger charge is -2.11. The van der Waals surface area contributed by atoms with Gasteiger partial charge in [-0.3, -0.25) is 4.79 Å². The molecule has 7 heteroatoms. The highest BCUT2D eigenvalue weighted by atomic mass is 35.5. The molecule has 2 aromatic carbocycles. The van der Waals surface area contributed by atoms with Crippen LogP contribution in [0.3, 0.4) is 0 Å². The Morgan fingerprint density at radius 1 is 1.19 bits per heavy atom. The number of halogens is 2. The second-order valence-electron chi connectivity index (χ2n) is 5.35. The number of carbonyl (C=O) groups excluding carboxylic acids is 1. The van der Waals surface area contributed by atoms with Crippen LogP contribution in [0.1, 0.15) is 15.9 Å². The van der Waals surface area contributed by atoms with Gasteiger partial charge in [-0.15, -0.1) is 0 Å². The number of ether oxygens (including phenoxy) is 1. The fraction of sp³-hybridized carbons (Fsp3) is 0.0526. The maximum absolute atomic E-state index is 13.8. The lowest BCUT2D eigenvalue weighted by atomic mass is 10.2. The number of rotatable bonds is 5. The average Bonchev–Trinajstić information content (AvgIpc) is 2.65. The molecule has 0 aliphatic heterocycles. The van der Waals surface area contributed by atoms with Gasteiger partial charge in [0.25, 0.3) is 5.91 Å². The molecule has 0 aliphatic rings. The molecule has 0 atom stereocenters. The Bertz CT molecular complexity index is 950. The van der Waals surface area contributed by atoms with Crippen LogP contribution < -0.4 is 10.1 Å². The minimum absolute atomic E-state index is 0.0455. The third-order valence-electron chi connectivity index (χ3n) is 3.54. The Hall–Kier alpha value is -3.12. The molecule has 0 saturated carbocycles. The summed E-state index contributed by atoms with van der Waals surface area (Å²) in [5, 5.41) is 12.2. The fourth-order valence-corrected chi connectivity index (χ4v) is 2.39. The minimum Gasteiger partial charge on any atom is -0.506 e. The maximum Gasteiger partial charge on any atom is 0.251 e. The van der Waals surface area contributed by atoms with Crippen LogP contribution in [0.5, 0.6) is 17.4 Å². The molecule has 0 spiro atoms. The molecule has 0 radical (unpaired) electrons. The van der Waals surface area contributed by atoms with Crippen LogP contribution in [-0.4, -0.2) is 16.0 Å². The van der Waals surface area contributed by atoms with E-state index in [4.69, 9.17) is 16.3 Å². The Morgan fingerprint density at radius 2 is 2.00 bits per heavy atom. The third-order valence-corrected chi connectivity index (χ3v) is 3.85. The molecule has 0 fully saturated rings. The van der Waals surface area contributed by atoms with Crippen LogP contribution >= 0.6 is 11.6 Å². The van der Waals surface area contributed by atoms with Crippen LogP contribution in [0.15, 0.2) is 60.8 Å². The van der Waals surface area contributed by atoms with E-state index in [0.29, 0.717) is 11.1 Å². The summed E-state index contributed by atoms with van der Waals surface area (Å²) in [6.45, 7) is 0.120. The van der Waals surface area contributed by atoms with Gasteiger partial charge in [0.2, 0.25) is 5.88 Å². The van der Waals surface area contributed by atoms with Gasteiger partial charge in [0.15, 0.2) is 11.6 Å². The summed E-state index contributed by atoms with van der Waals surface area (Å²) in [6.07, 6.45) is 1.52. The maximum atomic E-state index is 13.8. The Morgan fingerprint density at radius 3 is 2.77 bits per heavy atom. The molecular weight excluding hydrogens is 359 g/mol. The first-order valence-corrected chi connectivity index (χ1v) is 8.05. The average molecular weight is 373 g/mol. The summed E-state index contributed by atoms with van der Waals surface area (Å²) in [4.78, 5) is 16.3. The van der Waals surface area contributed by atoms with Gasteiger partial charge in [0, 0.05) is 23.9 Å². The molecule has 0 saturated heterocycles. The van der Waals surface area contributed by atoms with Crippen LogP contribution in [0.25, 0.3) is 0 Å². The highest BCUT2D eigenvalue weighted by Crippen LogP contribution is 2.26. The molecule has 1 aromatic heterocycles. The van der Waals surface area contributed by atoms with Crippen LogP contribution in [0, 0.1) is 5.82 Å². The van der Waals surface area contributed by atoms with Gasteiger partial charge in [-0.25, -0.2) is 9.37 Å². The molecule has 132 valence electrons. The molecule has 1 amide bonds. The van der Waals surface area contributed by atoms with E-state index in [2.05, 4.69) is 10.3 Å². The highest BCUT2D eigenvalue weighted by Gasteiger charge is 2.12. The fourth-order valence-electron chi connectivity index (χ4n) is 2.21. The van der Waals surface area contributed by atoms with Gasteiger partial charge >= 0.3 is 0 Å². The molecule has 2 N–H and O–H groups in total. The van der Waals surface area contributed by atoms with Crippen molar-refractivity contribution in [3.05, 3.63) is 82.8 Å². The minimum atomic E-state index is -0.508. The van der Waals surface area contributed by atoms with Crippen molar-refractivity contribution in [3.63, 3.8) is 0 Å². The number of nitrogens with one attached hydrogen (secondary N) is 1. The number of benzene rings is 2. The number of pyridine rings is 1. The highest BCUT2D eigenvalue weighted by molar-refractivity contribution is 6.32. The summed E-state index contributed by atoms with van der Waals surface area (Å²) < 4.78 is 19.3. The van der Waals surface area contributed by atoms with E-state index >= 15 is 0 Å². The molecule has 1 heterocycles. The van der Waals surface area contributed by atoms with Gasteiger partial charge in [0.1, 0.15) is 5.75 Å². The summed E-state index contributed by atoms with van der Waals surface area (Å²) in [6, 6.07) is 13.6. The molecule has 0 unspecified atom stereocenters. The van der Waals surface area contributed by atoms with Gasteiger partial charge < -0.3 is 15.2 Å². The van der Waals surface area contributed by atoms with E-state index in [0.717, 1.165) is 0 Å². The topological polar surface area (TPSA) is 71.5 Å². The normalized spacial score (nSPS) is 10.4. The molecule has 26 heavy (non-hydrogen) atoms. The number of hydrogen-bond acceptors (Lipinski definition) is 4. The van der Waals surface area contributed by atoms with Crippen molar-refractivity contribution in [1.29, 1.82) is 0 Å². The van der Waals surface area contributed by atoms with Crippen LogP contribution in [0.2, 0.25) is 5.02 Å². The zero-order valence-corrected chi connectivity index (χ0v) is 14.2. The van der Waals surface area contributed by atoms with Crippen LogP contribution in [-0.2, 0) is 6.54 Å². The van der Waals surface area contributed by atoms with Gasteiger partial charge in [-0.2, -0.15) is 0 Å².